The molecule has 0 aliphatic rings. The van der Waals surface area contributed by atoms with Gasteiger partial charge in [-0.1, -0.05) is 34.1 Å². The third-order valence-corrected chi connectivity index (χ3v) is 3.61. The molecule has 1 atom stereocenters. The summed E-state index contributed by atoms with van der Waals surface area (Å²) in [6.07, 6.45) is 0.209. The van der Waals surface area contributed by atoms with Crippen LogP contribution >= 0.6 is 15.9 Å². The fourth-order valence-corrected chi connectivity index (χ4v) is 2.27. The molecule has 5 heteroatoms. The molecule has 0 bridgehead atoms. The zero-order valence-corrected chi connectivity index (χ0v) is 13.0. The summed E-state index contributed by atoms with van der Waals surface area (Å²) in [6, 6.07) is 10.2. The van der Waals surface area contributed by atoms with Gasteiger partial charge >= 0.3 is 0 Å². The first-order chi connectivity index (χ1) is 9.95. The molecular weight excluding hydrogens is 340 g/mol. The van der Waals surface area contributed by atoms with Crippen molar-refractivity contribution in [2.45, 2.75) is 19.4 Å². The van der Waals surface area contributed by atoms with Crippen LogP contribution < -0.4 is 5.32 Å². The third kappa shape index (κ3) is 4.36. The minimum atomic E-state index is -0.661. The predicted octanol–water partition coefficient (Wildman–Crippen LogP) is 4.15. The summed E-state index contributed by atoms with van der Waals surface area (Å²) < 4.78 is 27.4. The van der Waals surface area contributed by atoms with Gasteiger partial charge in [0.1, 0.15) is 11.6 Å². The molecule has 0 saturated heterocycles. The molecule has 2 rings (SSSR count). The summed E-state index contributed by atoms with van der Waals surface area (Å²) in [4.78, 5) is 11.9. The molecule has 0 aliphatic carbocycles. The van der Waals surface area contributed by atoms with Crippen molar-refractivity contribution in [3.05, 3.63) is 69.7 Å². The van der Waals surface area contributed by atoms with E-state index in [-0.39, 0.29) is 17.9 Å². The summed E-state index contributed by atoms with van der Waals surface area (Å²) in [6.45, 7) is 1.66. The molecule has 0 heterocycles. The summed E-state index contributed by atoms with van der Waals surface area (Å²) in [5.74, 6) is -1.51. The van der Waals surface area contributed by atoms with Gasteiger partial charge in [-0.25, -0.2) is 8.78 Å². The van der Waals surface area contributed by atoms with Crippen LogP contribution in [-0.4, -0.2) is 5.91 Å². The number of halogens is 3. The molecule has 0 radical (unpaired) electrons. The van der Waals surface area contributed by atoms with Crippen LogP contribution in [0.4, 0.5) is 8.78 Å². The maximum Gasteiger partial charge on any atom is 0.224 e. The van der Waals surface area contributed by atoms with Gasteiger partial charge in [-0.2, -0.15) is 0 Å². The van der Waals surface area contributed by atoms with Crippen molar-refractivity contribution in [3.8, 4) is 0 Å². The molecule has 1 amide bonds. The highest BCUT2D eigenvalue weighted by Crippen LogP contribution is 2.18. The maximum absolute atomic E-state index is 13.6. The Hall–Kier alpha value is -1.75. The second-order valence-electron chi connectivity index (χ2n) is 4.76. The number of amides is 1. The average molecular weight is 354 g/mol. The zero-order valence-electron chi connectivity index (χ0n) is 11.4. The van der Waals surface area contributed by atoms with E-state index in [1.807, 2.05) is 24.3 Å². The quantitative estimate of drug-likeness (QED) is 0.878. The number of carbonyl (C=O) groups is 1. The number of rotatable bonds is 4. The maximum atomic E-state index is 13.6. The lowest BCUT2D eigenvalue weighted by Gasteiger charge is -2.15. The Morgan fingerprint density at radius 2 is 1.86 bits per heavy atom. The van der Waals surface area contributed by atoms with Gasteiger partial charge in [-0.15, -0.1) is 0 Å². The number of hydrogen-bond donors (Lipinski definition) is 1. The van der Waals surface area contributed by atoms with Crippen molar-refractivity contribution in [1.29, 1.82) is 0 Å². The van der Waals surface area contributed by atoms with Gasteiger partial charge < -0.3 is 5.32 Å². The van der Waals surface area contributed by atoms with Crippen molar-refractivity contribution in [2.75, 3.05) is 0 Å². The molecule has 0 unspecified atom stereocenters. The Labute approximate surface area is 130 Å². The molecule has 0 spiro atoms. The summed E-state index contributed by atoms with van der Waals surface area (Å²) in [5.41, 5.74) is 1.13. The highest BCUT2D eigenvalue weighted by molar-refractivity contribution is 9.10. The normalized spacial score (nSPS) is 12.0. The monoisotopic (exact) mass is 353 g/mol. The lowest BCUT2D eigenvalue weighted by Crippen LogP contribution is -2.28. The van der Waals surface area contributed by atoms with Gasteiger partial charge in [-0.3, -0.25) is 4.79 Å². The highest BCUT2D eigenvalue weighted by atomic mass is 79.9. The van der Waals surface area contributed by atoms with E-state index in [1.54, 1.807) is 6.92 Å². The number of carbonyl (C=O) groups excluding carboxylic acids is 1. The molecule has 0 fully saturated rings. The Morgan fingerprint density at radius 3 is 2.48 bits per heavy atom. The lowest BCUT2D eigenvalue weighted by atomic mass is 10.1. The second kappa shape index (κ2) is 6.80. The van der Waals surface area contributed by atoms with Crippen LogP contribution in [0.25, 0.3) is 0 Å². The van der Waals surface area contributed by atoms with Gasteiger partial charge in [0, 0.05) is 16.1 Å². The van der Waals surface area contributed by atoms with Gasteiger partial charge in [0.25, 0.3) is 0 Å². The number of hydrogen-bond acceptors (Lipinski definition) is 1. The molecule has 1 N–H and O–H groups in total. The minimum absolute atomic E-state index is 0.209. The van der Waals surface area contributed by atoms with E-state index in [9.17, 15) is 13.6 Å². The van der Waals surface area contributed by atoms with Crippen molar-refractivity contribution in [2.24, 2.45) is 0 Å². The molecule has 0 saturated carbocycles. The van der Waals surface area contributed by atoms with Crippen LogP contribution in [0, 0.1) is 11.6 Å². The molecular formula is C16H14BrF2NO. The average Bonchev–Trinajstić information content (AvgIpc) is 2.41. The molecule has 2 aromatic carbocycles. The molecule has 0 aliphatic heterocycles. The molecule has 0 aromatic heterocycles. The predicted molar refractivity (Wildman–Crippen MR) is 80.8 cm³/mol. The topological polar surface area (TPSA) is 29.1 Å². The summed E-state index contributed by atoms with van der Waals surface area (Å²) >= 11 is 3.32. The smallest absolute Gasteiger partial charge is 0.224 e. The van der Waals surface area contributed by atoms with E-state index in [4.69, 9.17) is 0 Å². The molecule has 2 aromatic rings. The van der Waals surface area contributed by atoms with Crippen molar-refractivity contribution in [3.63, 3.8) is 0 Å². The first kappa shape index (κ1) is 15.6. The third-order valence-electron chi connectivity index (χ3n) is 3.08. The van der Waals surface area contributed by atoms with Crippen LogP contribution in [0.3, 0.4) is 0 Å². The largest absolute Gasteiger partial charge is 0.349 e. The van der Waals surface area contributed by atoms with Crippen molar-refractivity contribution < 1.29 is 13.6 Å². The van der Waals surface area contributed by atoms with E-state index >= 15 is 0 Å². The van der Waals surface area contributed by atoms with E-state index in [0.717, 1.165) is 16.1 Å². The summed E-state index contributed by atoms with van der Waals surface area (Å²) in [7, 11) is 0. The molecule has 21 heavy (non-hydrogen) atoms. The Bertz CT molecular complexity index is 643. The molecule has 110 valence electrons. The fraction of sp³-hybridized carbons (Fsp3) is 0.188. The van der Waals surface area contributed by atoms with Crippen LogP contribution in [0.5, 0.6) is 0 Å². The zero-order chi connectivity index (χ0) is 15.4. The van der Waals surface area contributed by atoms with E-state index in [1.165, 1.54) is 12.1 Å². The second-order valence-corrected chi connectivity index (χ2v) is 5.67. The van der Waals surface area contributed by atoms with Crippen LogP contribution in [0.15, 0.2) is 46.9 Å². The number of nitrogens with one attached hydrogen (secondary N) is 1. The van der Waals surface area contributed by atoms with Crippen molar-refractivity contribution >= 4 is 21.8 Å². The van der Waals surface area contributed by atoms with Gasteiger partial charge in [0.05, 0.1) is 12.5 Å². The Balaban J connectivity index is 2.00. The first-order valence-corrected chi connectivity index (χ1v) is 7.24. The Morgan fingerprint density at radius 1 is 1.19 bits per heavy atom. The summed E-state index contributed by atoms with van der Waals surface area (Å²) in [5, 5.41) is 2.71. The SMILES string of the molecule is C[C@H](NC(=O)Cc1ccc(Br)cc1)c1ccc(F)cc1F. The first-order valence-electron chi connectivity index (χ1n) is 6.44. The lowest BCUT2D eigenvalue weighted by molar-refractivity contribution is -0.121. The van der Waals surface area contributed by atoms with Crippen LogP contribution in [0.1, 0.15) is 24.1 Å². The highest BCUT2D eigenvalue weighted by Gasteiger charge is 2.14. The fourth-order valence-electron chi connectivity index (χ4n) is 2.01. The minimum Gasteiger partial charge on any atom is -0.349 e. The molecule has 2 nitrogen and oxygen atoms in total. The van der Waals surface area contributed by atoms with E-state index < -0.39 is 17.7 Å². The van der Waals surface area contributed by atoms with Gasteiger partial charge in [-0.05, 0) is 30.7 Å². The van der Waals surface area contributed by atoms with Crippen LogP contribution in [0.2, 0.25) is 0 Å². The Kier molecular flexibility index (Phi) is 5.07. The number of benzene rings is 2. The standard InChI is InChI=1S/C16H14BrF2NO/c1-10(14-7-6-13(18)9-15(14)19)20-16(21)8-11-2-4-12(17)5-3-11/h2-7,9-10H,8H2,1H3,(H,20,21)/t10-/m0/s1. The van der Waals surface area contributed by atoms with Crippen LogP contribution in [-0.2, 0) is 11.2 Å². The van der Waals surface area contributed by atoms with Gasteiger partial charge in [0.2, 0.25) is 5.91 Å². The van der Waals surface area contributed by atoms with Gasteiger partial charge in [0.15, 0.2) is 0 Å². The van der Waals surface area contributed by atoms with Crippen molar-refractivity contribution in [1.82, 2.24) is 5.32 Å². The van der Waals surface area contributed by atoms with E-state index in [0.29, 0.717) is 0 Å². The van der Waals surface area contributed by atoms with E-state index in [2.05, 4.69) is 21.2 Å².